The molecule has 0 aliphatic rings. The topological polar surface area (TPSA) is 79.5 Å². The Morgan fingerprint density at radius 2 is 1.81 bits per heavy atom. The molecule has 0 aliphatic carbocycles. The number of halogens is 2. The number of hydrogen-bond donors (Lipinski definition) is 3. The number of rotatable bonds is 10. The van der Waals surface area contributed by atoms with Crippen LogP contribution >= 0.6 is 35.4 Å². The highest BCUT2D eigenvalue weighted by Gasteiger charge is 2.08. The van der Waals surface area contributed by atoms with Gasteiger partial charge in [-0.05, 0) is 67.5 Å². The standard InChI is InChI=1S/C22H25Cl2N3O3S/c1-2-3-12-25-21(29)15-6-9-17(10-7-15)26-22(31)27-20(28)5-4-13-30-19-11-8-16(23)14-18(19)24/h6-11,14H,2-5,12-13H2,1H3,(H,25,29)(H2,26,27,28,31). The first-order valence-corrected chi connectivity index (χ1v) is 11.1. The predicted molar refractivity (Wildman–Crippen MR) is 129 cm³/mol. The van der Waals surface area contributed by atoms with Gasteiger partial charge in [-0.15, -0.1) is 0 Å². The molecule has 2 aromatic carbocycles. The summed E-state index contributed by atoms with van der Waals surface area (Å²) in [5.74, 6) is 0.180. The fourth-order valence-corrected chi connectivity index (χ4v) is 3.24. The van der Waals surface area contributed by atoms with Crippen molar-refractivity contribution in [2.75, 3.05) is 18.5 Å². The van der Waals surface area contributed by atoms with Gasteiger partial charge >= 0.3 is 0 Å². The van der Waals surface area contributed by atoms with Gasteiger partial charge in [0.1, 0.15) is 5.75 Å². The number of nitrogens with one attached hydrogen (secondary N) is 3. The molecule has 0 saturated carbocycles. The van der Waals surface area contributed by atoms with Crippen molar-refractivity contribution in [2.45, 2.75) is 32.6 Å². The van der Waals surface area contributed by atoms with Gasteiger partial charge in [0.2, 0.25) is 5.91 Å². The summed E-state index contributed by atoms with van der Waals surface area (Å²) in [7, 11) is 0. The van der Waals surface area contributed by atoms with Crippen molar-refractivity contribution in [3.8, 4) is 5.75 Å². The molecule has 166 valence electrons. The summed E-state index contributed by atoms with van der Waals surface area (Å²) in [5.41, 5.74) is 1.24. The highest BCUT2D eigenvalue weighted by molar-refractivity contribution is 7.80. The van der Waals surface area contributed by atoms with Crippen LogP contribution in [0.1, 0.15) is 43.0 Å². The van der Waals surface area contributed by atoms with E-state index in [2.05, 4.69) is 22.9 Å². The summed E-state index contributed by atoms with van der Waals surface area (Å²) in [6, 6.07) is 11.8. The monoisotopic (exact) mass is 481 g/mol. The zero-order valence-electron chi connectivity index (χ0n) is 17.2. The summed E-state index contributed by atoms with van der Waals surface area (Å²) in [6.45, 7) is 3.06. The maximum absolute atomic E-state index is 12.0. The van der Waals surface area contributed by atoms with E-state index in [0.717, 1.165) is 12.8 Å². The molecule has 2 aromatic rings. The highest BCUT2D eigenvalue weighted by atomic mass is 35.5. The molecule has 3 N–H and O–H groups in total. The van der Waals surface area contributed by atoms with Crippen LogP contribution in [0.5, 0.6) is 5.75 Å². The van der Waals surface area contributed by atoms with Crippen molar-refractivity contribution in [2.24, 2.45) is 0 Å². The normalized spacial score (nSPS) is 10.3. The van der Waals surface area contributed by atoms with Crippen LogP contribution in [0.25, 0.3) is 0 Å². The molecule has 0 unspecified atom stereocenters. The van der Waals surface area contributed by atoms with Crippen LogP contribution in [-0.4, -0.2) is 30.1 Å². The quantitative estimate of drug-likeness (QED) is 0.321. The Morgan fingerprint density at radius 1 is 1.06 bits per heavy atom. The van der Waals surface area contributed by atoms with Crippen LogP contribution < -0.4 is 20.7 Å². The molecule has 31 heavy (non-hydrogen) atoms. The largest absolute Gasteiger partial charge is 0.492 e. The lowest BCUT2D eigenvalue weighted by Gasteiger charge is -2.11. The Bertz CT molecular complexity index is 907. The van der Waals surface area contributed by atoms with E-state index in [4.69, 9.17) is 40.2 Å². The van der Waals surface area contributed by atoms with Crippen molar-refractivity contribution < 1.29 is 14.3 Å². The molecule has 2 amide bonds. The predicted octanol–water partition coefficient (Wildman–Crippen LogP) is 5.20. The lowest BCUT2D eigenvalue weighted by molar-refractivity contribution is -0.119. The molecule has 0 atom stereocenters. The molecular weight excluding hydrogens is 457 g/mol. The van der Waals surface area contributed by atoms with Gasteiger partial charge in [0.25, 0.3) is 5.91 Å². The first kappa shape index (κ1) is 24.9. The number of benzene rings is 2. The maximum atomic E-state index is 12.0. The average molecular weight is 482 g/mol. The molecule has 0 fully saturated rings. The van der Waals surface area contributed by atoms with Crippen LogP contribution in [0.3, 0.4) is 0 Å². The number of carbonyl (C=O) groups is 2. The Labute approximate surface area is 197 Å². The Morgan fingerprint density at radius 3 is 2.48 bits per heavy atom. The summed E-state index contributed by atoms with van der Waals surface area (Å²) >= 11 is 17.0. The van der Waals surface area contributed by atoms with Gasteiger partial charge in [0.15, 0.2) is 5.11 Å². The SMILES string of the molecule is CCCCNC(=O)c1ccc(NC(=S)NC(=O)CCCOc2ccc(Cl)cc2Cl)cc1. The summed E-state index contributed by atoms with van der Waals surface area (Å²) in [6.07, 6.45) is 2.70. The number of ether oxygens (including phenoxy) is 1. The second-order valence-corrected chi connectivity index (χ2v) is 7.97. The molecule has 9 heteroatoms. The second-order valence-electron chi connectivity index (χ2n) is 6.72. The highest BCUT2D eigenvalue weighted by Crippen LogP contribution is 2.27. The third-order valence-electron chi connectivity index (χ3n) is 4.17. The number of unbranched alkanes of at least 4 members (excludes halogenated alkanes) is 1. The van der Waals surface area contributed by atoms with Gasteiger partial charge in [-0.25, -0.2) is 0 Å². The molecule has 0 aromatic heterocycles. The van der Waals surface area contributed by atoms with Crippen molar-refractivity contribution in [1.82, 2.24) is 10.6 Å². The van der Waals surface area contributed by atoms with E-state index in [0.29, 0.717) is 46.6 Å². The lowest BCUT2D eigenvalue weighted by Crippen LogP contribution is -2.34. The molecule has 0 spiro atoms. The van der Waals surface area contributed by atoms with Gasteiger partial charge in [-0.2, -0.15) is 0 Å². The second kappa shape index (κ2) is 13.1. The zero-order valence-corrected chi connectivity index (χ0v) is 19.5. The van der Waals surface area contributed by atoms with Gasteiger partial charge in [-0.1, -0.05) is 36.5 Å². The van der Waals surface area contributed by atoms with E-state index in [-0.39, 0.29) is 23.3 Å². The first-order chi connectivity index (χ1) is 14.9. The van der Waals surface area contributed by atoms with Gasteiger partial charge < -0.3 is 20.7 Å². The summed E-state index contributed by atoms with van der Waals surface area (Å²) < 4.78 is 5.55. The van der Waals surface area contributed by atoms with E-state index >= 15 is 0 Å². The fraction of sp³-hybridized carbons (Fsp3) is 0.318. The number of carbonyl (C=O) groups excluding carboxylic acids is 2. The van der Waals surface area contributed by atoms with E-state index in [1.807, 2.05) is 0 Å². The number of hydrogen-bond acceptors (Lipinski definition) is 4. The number of thiocarbonyl (C=S) groups is 1. The van der Waals surface area contributed by atoms with Crippen LogP contribution in [0.4, 0.5) is 5.69 Å². The zero-order chi connectivity index (χ0) is 22.6. The maximum Gasteiger partial charge on any atom is 0.251 e. The van der Waals surface area contributed by atoms with Gasteiger partial charge in [0.05, 0.1) is 11.6 Å². The van der Waals surface area contributed by atoms with Crippen LogP contribution in [-0.2, 0) is 4.79 Å². The van der Waals surface area contributed by atoms with E-state index < -0.39 is 0 Å². The third kappa shape index (κ3) is 9.12. The van der Waals surface area contributed by atoms with Crippen molar-refractivity contribution >= 4 is 58.0 Å². The van der Waals surface area contributed by atoms with Crippen molar-refractivity contribution in [1.29, 1.82) is 0 Å². The minimum absolute atomic E-state index is 0.113. The Balaban J connectivity index is 1.69. The summed E-state index contributed by atoms with van der Waals surface area (Å²) in [5, 5.41) is 9.55. The smallest absolute Gasteiger partial charge is 0.251 e. The Hall–Kier alpha value is -2.35. The molecule has 0 aliphatic heterocycles. The molecule has 0 bridgehead atoms. The molecular formula is C22H25Cl2N3O3S. The van der Waals surface area contributed by atoms with E-state index in [1.54, 1.807) is 42.5 Å². The van der Waals surface area contributed by atoms with Crippen LogP contribution in [0, 0.1) is 0 Å². The first-order valence-electron chi connectivity index (χ1n) is 9.96. The Kier molecular flexibility index (Phi) is 10.6. The van der Waals surface area contributed by atoms with Crippen LogP contribution in [0.2, 0.25) is 10.0 Å². The van der Waals surface area contributed by atoms with Crippen LogP contribution in [0.15, 0.2) is 42.5 Å². The fourth-order valence-electron chi connectivity index (χ4n) is 2.54. The van der Waals surface area contributed by atoms with Gasteiger partial charge in [-0.3, -0.25) is 9.59 Å². The number of anilines is 1. The molecule has 6 nitrogen and oxygen atoms in total. The minimum Gasteiger partial charge on any atom is -0.492 e. The number of amides is 2. The average Bonchev–Trinajstić information content (AvgIpc) is 2.73. The van der Waals surface area contributed by atoms with Gasteiger partial charge in [0, 0.05) is 29.2 Å². The molecule has 0 saturated heterocycles. The third-order valence-corrected chi connectivity index (χ3v) is 4.91. The van der Waals surface area contributed by atoms with E-state index in [9.17, 15) is 9.59 Å². The van der Waals surface area contributed by atoms with Crippen molar-refractivity contribution in [3.63, 3.8) is 0 Å². The molecule has 0 radical (unpaired) electrons. The van der Waals surface area contributed by atoms with E-state index in [1.165, 1.54) is 0 Å². The molecule has 2 rings (SSSR count). The minimum atomic E-state index is -0.227. The molecule has 0 heterocycles. The lowest BCUT2D eigenvalue weighted by atomic mass is 10.2. The van der Waals surface area contributed by atoms with Crippen molar-refractivity contribution in [3.05, 3.63) is 58.1 Å². The summed E-state index contributed by atoms with van der Waals surface area (Å²) in [4.78, 5) is 24.1.